The van der Waals surface area contributed by atoms with Gasteiger partial charge in [0.05, 0.1) is 6.10 Å². The zero-order valence-corrected chi connectivity index (χ0v) is 9.93. The predicted octanol–water partition coefficient (Wildman–Crippen LogP) is 2.68. The van der Waals surface area contributed by atoms with Crippen LogP contribution in [0.4, 0.5) is 0 Å². The van der Waals surface area contributed by atoms with Crippen molar-refractivity contribution >= 4 is 29.5 Å². The van der Waals surface area contributed by atoms with Crippen LogP contribution in [0.2, 0.25) is 0 Å². The second kappa shape index (κ2) is 4.60. The third-order valence-electron chi connectivity index (χ3n) is 3.35. The number of hydrogen-bond donors (Lipinski definition) is 0. The molecule has 84 valence electrons. The fraction of sp³-hybridized carbons (Fsp3) is 0.818. The van der Waals surface area contributed by atoms with Crippen molar-refractivity contribution in [2.75, 3.05) is 6.61 Å². The van der Waals surface area contributed by atoms with Crippen LogP contribution in [0.3, 0.4) is 0 Å². The van der Waals surface area contributed by atoms with Gasteiger partial charge in [0.25, 0.3) is 0 Å². The van der Waals surface area contributed by atoms with Gasteiger partial charge in [-0.05, 0) is 31.6 Å². The minimum atomic E-state index is -0.624. The molecule has 0 saturated heterocycles. The molecule has 0 aromatic carbocycles. The summed E-state index contributed by atoms with van der Waals surface area (Å²) >= 11 is 12.5. The summed E-state index contributed by atoms with van der Waals surface area (Å²) in [5.41, 5.74) is 0. The molecule has 2 aliphatic carbocycles. The van der Waals surface area contributed by atoms with E-state index >= 15 is 0 Å². The third-order valence-corrected chi connectivity index (χ3v) is 4.47. The fourth-order valence-corrected chi connectivity index (χ4v) is 3.35. The molecule has 0 spiro atoms. The number of alkyl halides is 2. The van der Waals surface area contributed by atoms with Crippen LogP contribution in [0.25, 0.3) is 0 Å². The Labute approximate surface area is 100 Å². The quantitative estimate of drug-likeness (QED) is 0.553. The minimum Gasteiger partial charge on any atom is -0.378 e. The summed E-state index contributed by atoms with van der Waals surface area (Å²) in [6.45, 7) is 0.604. The van der Waals surface area contributed by atoms with Gasteiger partial charge < -0.3 is 4.74 Å². The van der Waals surface area contributed by atoms with Crippen LogP contribution >= 0.6 is 23.2 Å². The summed E-state index contributed by atoms with van der Waals surface area (Å²) in [6.07, 6.45) is 7.27. The normalized spacial score (nSPS) is 37.1. The van der Waals surface area contributed by atoms with Crippen molar-refractivity contribution in [2.24, 2.45) is 11.8 Å². The van der Waals surface area contributed by atoms with Crippen LogP contribution in [0.15, 0.2) is 0 Å². The van der Waals surface area contributed by atoms with E-state index in [1.807, 2.05) is 6.29 Å². The summed E-state index contributed by atoms with van der Waals surface area (Å²) < 4.78 is 5.08. The van der Waals surface area contributed by atoms with Crippen molar-refractivity contribution in [1.82, 2.24) is 0 Å². The van der Waals surface area contributed by atoms with Gasteiger partial charge in [0.1, 0.15) is 4.33 Å². The number of ether oxygens (including phenoxy) is 1. The first-order valence-corrected chi connectivity index (χ1v) is 6.09. The maximum absolute atomic E-state index is 10.0. The lowest BCUT2D eigenvalue weighted by atomic mass is 9.98. The molecule has 2 fully saturated rings. The molecule has 0 N–H and O–H groups in total. The number of rotatable bonds is 5. The van der Waals surface area contributed by atoms with E-state index in [1.54, 1.807) is 0 Å². The molecule has 0 heterocycles. The van der Waals surface area contributed by atoms with E-state index in [9.17, 15) is 4.79 Å². The Hall–Kier alpha value is 0.210. The first-order chi connectivity index (χ1) is 7.16. The molecule has 0 amide bonds. The smallest absolute Gasteiger partial charge is 0.198 e. The van der Waals surface area contributed by atoms with Gasteiger partial charge in [-0.15, -0.1) is 23.2 Å². The molecule has 0 aliphatic heterocycles. The highest BCUT2D eigenvalue weighted by Gasteiger charge is 2.57. The van der Waals surface area contributed by atoms with E-state index in [0.29, 0.717) is 13.0 Å². The average molecular weight is 249 g/mol. The number of unbranched alkanes of at least 4 members (excludes halogenated alkanes) is 1. The molecule has 2 aliphatic rings. The highest BCUT2D eigenvalue weighted by atomic mass is 35.5. The van der Waals surface area contributed by atoms with Crippen LogP contribution in [-0.4, -0.2) is 23.3 Å². The molecule has 2 saturated carbocycles. The second-order valence-electron chi connectivity index (χ2n) is 4.25. The standard InChI is InChI=1S/C11H14Cl2O2/c12-11(13)8-3-4-9(11)10(7-8)15-6-2-1-5-14/h3,8-10H,1-2,4,6-7H2. The van der Waals surface area contributed by atoms with E-state index in [4.69, 9.17) is 27.9 Å². The van der Waals surface area contributed by atoms with Crippen LogP contribution in [0, 0.1) is 18.3 Å². The zero-order chi connectivity index (χ0) is 10.9. The van der Waals surface area contributed by atoms with E-state index < -0.39 is 4.33 Å². The number of carbonyl (C=O) groups excluding carboxylic acids is 1. The maximum atomic E-state index is 10.0. The van der Waals surface area contributed by atoms with E-state index in [0.717, 1.165) is 19.3 Å². The molecule has 2 rings (SSSR count). The lowest BCUT2D eigenvalue weighted by molar-refractivity contribution is 0.0206. The Bertz CT molecular complexity index is 243. The fourth-order valence-electron chi connectivity index (χ4n) is 2.53. The van der Waals surface area contributed by atoms with Crippen LogP contribution < -0.4 is 0 Å². The molecule has 4 heteroatoms. The number of halogens is 2. The molecule has 15 heavy (non-hydrogen) atoms. The Morgan fingerprint density at radius 1 is 1.53 bits per heavy atom. The Kier molecular flexibility index (Phi) is 3.59. The first kappa shape index (κ1) is 11.7. The lowest BCUT2D eigenvalue weighted by Gasteiger charge is -2.23. The molecule has 2 radical (unpaired) electrons. The van der Waals surface area contributed by atoms with Crippen LogP contribution in [0.1, 0.15) is 25.7 Å². The van der Waals surface area contributed by atoms with Crippen LogP contribution in [0.5, 0.6) is 0 Å². The molecular formula is C11H14Cl2O2. The van der Waals surface area contributed by atoms with Crippen molar-refractivity contribution < 1.29 is 9.53 Å². The number of hydrogen-bond acceptors (Lipinski definition) is 2. The van der Waals surface area contributed by atoms with Crippen molar-refractivity contribution in [1.29, 1.82) is 0 Å². The summed E-state index contributed by atoms with van der Waals surface area (Å²) in [4.78, 5) is 10.0. The van der Waals surface area contributed by atoms with Crippen molar-refractivity contribution in [3.63, 3.8) is 0 Å². The Balaban J connectivity index is 1.79. The van der Waals surface area contributed by atoms with Crippen molar-refractivity contribution in [3.05, 3.63) is 6.42 Å². The first-order valence-electron chi connectivity index (χ1n) is 5.34. The minimum absolute atomic E-state index is 0.168. The highest BCUT2D eigenvalue weighted by molar-refractivity contribution is 6.49. The summed E-state index contributed by atoms with van der Waals surface area (Å²) in [5, 5.41) is 0. The van der Waals surface area contributed by atoms with E-state index in [-0.39, 0.29) is 17.9 Å². The van der Waals surface area contributed by atoms with Gasteiger partial charge in [-0.25, -0.2) is 0 Å². The molecule has 0 aromatic rings. The van der Waals surface area contributed by atoms with Crippen molar-refractivity contribution in [3.8, 4) is 0 Å². The highest BCUT2D eigenvalue weighted by Crippen LogP contribution is 2.58. The summed E-state index contributed by atoms with van der Waals surface area (Å²) in [7, 11) is 0. The van der Waals surface area contributed by atoms with Gasteiger partial charge in [0.2, 0.25) is 0 Å². The molecule has 2 nitrogen and oxygen atoms in total. The third kappa shape index (κ3) is 2.17. The van der Waals surface area contributed by atoms with Gasteiger partial charge in [0.15, 0.2) is 6.29 Å². The topological polar surface area (TPSA) is 26.3 Å². The molecule has 0 aromatic heterocycles. The maximum Gasteiger partial charge on any atom is 0.198 e. The van der Waals surface area contributed by atoms with E-state index in [2.05, 4.69) is 6.42 Å². The van der Waals surface area contributed by atoms with Gasteiger partial charge in [0, 0.05) is 18.9 Å². The average Bonchev–Trinajstić information content (AvgIpc) is 2.62. The van der Waals surface area contributed by atoms with Crippen molar-refractivity contribution in [2.45, 2.75) is 36.1 Å². The largest absolute Gasteiger partial charge is 0.378 e. The summed E-state index contributed by atoms with van der Waals surface area (Å²) in [6, 6.07) is 0. The SMILES string of the molecule is O=[C]CCCOC1CC2[CH]CC1C2(Cl)Cl. The summed E-state index contributed by atoms with van der Waals surface area (Å²) in [5.74, 6) is 0.500. The lowest BCUT2D eigenvalue weighted by Crippen LogP contribution is -2.26. The van der Waals surface area contributed by atoms with Gasteiger partial charge in [-0.1, -0.05) is 0 Å². The molecule has 3 unspecified atom stereocenters. The predicted molar refractivity (Wildman–Crippen MR) is 59.6 cm³/mol. The Morgan fingerprint density at radius 2 is 2.33 bits per heavy atom. The molecule has 2 bridgehead atoms. The van der Waals surface area contributed by atoms with Crippen LogP contribution in [-0.2, 0) is 9.53 Å². The second-order valence-corrected chi connectivity index (χ2v) is 5.70. The zero-order valence-electron chi connectivity index (χ0n) is 8.42. The molecular weight excluding hydrogens is 235 g/mol. The van der Waals surface area contributed by atoms with Gasteiger partial charge in [-0.2, -0.15) is 0 Å². The monoisotopic (exact) mass is 248 g/mol. The van der Waals surface area contributed by atoms with Gasteiger partial charge in [-0.3, -0.25) is 4.79 Å². The van der Waals surface area contributed by atoms with E-state index in [1.165, 1.54) is 0 Å². The van der Waals surface area contributed by atoms with Gasteiger partial charge >= 0.3 is 0 Å². The number of fused-ring (bicyclic) bond motifs is 2. The Morgan fingerprint density at radius 3 is 2.87 bits per heavy atom. The molecule has 3 atom stereocenters.